The fourth-order valence-corrected chi connectivity index (χ4v) is 0.748. The van der Waals surface area contributed by atoms with Crippen molar-refractivity contribution < 1.29 is 19.8 Å². The van der Waals surface area contributed by atoms with Crippen LogP contribution in [0.25, 0.3) is 0 Å². The predicted molar refractivity (Wildman–Crippen MR) is 52.3 cm³/mol. The summed E-state index contributed by atoms with van der Waals surface area (Å²) in [5.41, 5.74) is -0.331. The van der Waals surface area contributed by atoms with Gasteiger partial charge in [-0.15, -0.1) is 0 Å². The van der Waals surface area contributed by atoms with Crippen LogP contribution in [-0.4, -0.2) is 47.5 Å². The summed E-state index contributed by atoms with van der Waals surface area (Å²) in [7, 11) is 0. The van der Waals surface area contributed by atoms with Gasteiger partial charge in [-0.05, 0) is 6.07 Å². The third kappa shape index (κ3) is 4.03. The molecular weight excluding hydrogens is 230 g/mol. The number of rotatable bonds is 2. The lowest BCUT2D eigenvalue weighted by Gasteiger charge is -1.93. The van der Waals surface area contributed by atoms with Crippen molar-refractivity contribution in [3.63, 3.8) is 0 Å². The second-order valence-electron chi connectivity index (χ2n) is 2.53. The highest BCUT2D eigenvalue weighted by Crippen LogP contribution is 1.94. The van der Waals surface area contributed by atoms with E-state index < -0.39 is 17.8 Å². The molecular formula is C8H7N5O4. The number of hydrogen-bond acceptors (Lipinski definition) is 6. The van der Waals surface area contributed by atoms with Gasteiger partial charge in [0.15, 0.2) is 5.69 Å². The van der Waals surface area contributed by atoms with E-state index in [-0.39, 0.29) is 5.69 Å². The maximum atomic E-state index is 10.3. The molecule has 0 aliphatic heterocycles. The number of nitrogens with zero attached hydrogens (tertiary/aromatic N) is 4. The molecule has 0 saturated carbocycles. The Bertz CT molecular complexity index is 452. The minimum absolute atomic E-state index is 0.331. The van der Waals surface area contributed by atoms with Crippen molar-refractivity contribution in [2.45, 2.75) is 0 Å². The first-order valence-electron chi connectivity index (χ1n) is 4.20. The van der Waals surface area contributed by atoms with Gasteiger partial charge in [0, 0.05) is 6.20 Å². The first kappa shape index (κ1) is 12.2. The van der Waals surface area contributed by atoms with Gasteiger partial charge >= 0.3 is 11.9 Å². The van der Waals surface area contributed by atoms with Crippen LogP contribution in [0.1, 0.15) is 21.1 Å². The van der Waals surface area contributed by atoms with E-state index in [2.05, 4.69) is 25.4 Å². The number of aromatic nitrogens is 5. The molecule has 0 aliphatic rings. The number of carboxylic acid groups (broad SMARTS) is 2. The Morgan fingerprint density at radius 2 is 1.71 bits per heavy atom. The first-order valence-corrected chi connectivity index (χ1v) is 4.20. The number of hydrogen-bond donors (Lipinski definition) is 3. The quantitative estimate of drug-likeness (QED) is 0.644. The number of carboxylic acids is 2. The van der Waals surface area contributed by atoms with Gasteiger partial charge in [0.2, 0.25) is 5.82 Å². The highest BCUT2D eigenvalue weighted by molar-refractivity contribution is 5.88. The highest BCUT2D eigenvalue weighted by Gasteiger charge is 2.10. The number of aromatic carboxylic acids is 2. The molecule has 0 aromatic carbocycles. The average Bonchev–Trinajstić information content (AvgIpc) is 2.87. The summed E-state index contributed by atoms with van der Waals surface area (Å²) in [5.74, 6) is -3.15. The van der Waals surface area contributed by atoms with Crippen molar-refractivity contribution in [3.05, 3.63) is 36.2 Å². The number of nitrogens with one attached hydrogen (secondary N) is 1. The van der Waals surface area contributed by atoms with E-state index in [1.165, 1.54) is 0 Å². The van der Waals surface area contributed by atoms with Gasteiger partial charge in [-0.1, -0.05) is 0 Å². The van der Waals surface area contributed by atoms with E-state index in [9.17, 15) is 9.59 Å². The zero-order chi connectivity index (χ0) is 12.7. The maximum absolute atomic E-state index is 10.3. The van der Waals surface area contributed by atoms with E-state index in [1.54, 1.807) is 12.4 Å². The van der Waals surface area contributed by atoms with Crippen molar-refractivity contribution in [1.29, 1.82) is 0 Å². The normalized spacial score (nSPS) is 8.94. The second-order valence-corrected chi connectivity index (χ2v) is 2.53. The van der Waals surface area contributed by atoms with Crippen LogP contribution in [0.3, 0.4) is 0 Å². The van der Waals surface area contributed by atoms with Gasteiger partial charge in [0.1, 0.15) is 0 Å². The number of H-pyrrole nitrogens is 1. The van der Waals surface area contributed by atoms with Gasteiger partial charge in [-0.25, -0.2) is 19.6 Å². The molecule has 0 fully saturated rings. The van der Waals surface area contributed by atoms with Gasteiger partial charge in [0.05, 0.1) is 12.4 Å². The third-order valence-electron chi connectivity index (χ3n) is 1.40. The maximum Gasteiger partial charge on any atom is 0.373 e. The molecule has 0 bridgehead atoms. The number of aromatic amines is 1. The van der Waals surface area contributed by atoms with Crippen molar-refractivity contribution in [3.8, 4) is 0 Å². The van der Waals surface area contributed by atoms with Crippen LogP contribution in [0.15, 0.2) is 24.7 Å². The molecule has 0 unspecified atom stereocenters. The summed E-state index contributed by atoms with van der Waals surface area (Å²) in [5, 5.41) is 26.1. The summed E-state index contributed by atoms with van der Waals surface area (Å²) in [6.45, 7) is 0. The van der Waals surface area contributed by atoms with E-state index in [1.807, 2.05) is 0 Å². The SMILES string of the molecule is O=C(O)c1ccnc(C(=O)O)n1.c1cn[nH]n1. The molecule has 9 nitrogen and oxygen atoms in total. The van der Waals surface area contributed by atoms with Crippen LogP contribution in [0.5, 0.6) is 0 Å². The molecule has 3 N–H and O–H groups in total. The van der Waals surface area contributed by atoms with Crippen LogP contribution in [-0.2, 0) is 0 Å². The van der Waals surface area contributed by atoms with Gasteiger partial charge in [0.25, 0.3) is 0 Å². The zero-order valence-electron chi connectivity index (χ0n) is 8.31. The molecule has 0 aliphatic carbocycles. The first-order chi connectivity index (χ1) is 8.11. The summed E-state index contributed by atoms with van der Waals surface area (Å²) in [6, 6.07) is 1.12. The van der Waals surface area contributed by atoms with E-state index in [0.717, 1.165) is 12.3 Å². The molecule has 88 valence electrons. The van der Waals surface area contributed by atoms with Crippen LogP contribution >= 0.6 is 0 Å². The lowest BCUT2D eigenvalue weighted by atomic mass is 10.4. The minimum atomic E-state index is -1.35. The molecule has 0 saturated heterocycles. The lowest BCUT2D eigenvalue weighted by molar-refractivity contribution is 0.0679. The standard InChI is InChI=1S/C6H4N2O4.C2H3N3/c9-5(10)3-1-2-7-4(8-3)6(11)12;1-2-4-5-3-1/h1-2H,(H,9,10)(H,11,12);1-2H,(H,3,4,5). The monoisotopic (exact) mass is 237 g/mol. The van der Waals surface area contributed by atoms with Crippen molar-refractivity contribution >= 4 is 11.9 Å². The van der Waals surface area contributed by atoms with E-state index in [4.69, 9.17) is 10.2 Å². The highest BCUT2D eigenvalue weighted by atomic mass is 16.4. The molecule has 2 rings (SSSR count). The summed E-state index contributed by atoms with van der Waals surface area (Å²) in [6.07, 6.45) is 4.25. The van der Waals surface area contributed by atoms with Crippen molar-refractivity contribution in [2.24, 2.45) is 0 Å². The second kappa shape index (κ2) is 5.90. The van der Waals surface area contributed by atoms with Crippen LogP contribution in [0, 0.1) is 0 Å². The molecule has 9 heteroatoms. The molecule has 0 atom stereocenters. The Morgan fingerprint density at radius 3 is 2.12 bits per heavy atom. The summed E-state index contributed by atoms with van der Waals surface area (Å²) >= 11 is 0. The molecule has 2 aromatic heterocycles. The lowest BCUT2D eigenvalue weighted by Crippen LogP contribution is -2.08. The predicted octanol–water partition coefficient (Wildman–Crippen LogP) is -0.322. The van der Waals surface area contributed by atoms with E-state index in [0.29, 0.717) is 0 Å². The Hall–Kier alpha value is -2.84. The van der Waals surface area contributed by atoms with E-state index >= 15 is 0 Å². The largest absolute Gasteiger partial charge is 0.477 e. The Labute approximate surface area is 94.2 Å². The molecule has 0 amide bonds. The van der Waals surface area contributed by atoms with Gasteiger partial charge in [-0.2, -0.15) is 15.4 Å². The molecule has 0 radical (unpaired) electrons. The summed E-state index contributed by atoms with van der Waals surface area (Å²) < 4.78 is 0. The topological polar surface area (TPSA) is 142 Å². The molecule has 2 heterocycles. The fourth-order valence-electron chi connectivity index (χ4n) is 0.748. The van der Waals surface area contributed by atoms with Crippen LogP contribution in [0.4, 0.5) is 0 Å². The Balaban J connectivity index is 0.000000239. The fraction of sp³-hybridized carbons (Fsp3) is 0. The Morgan fingerprint density at radius 1 is 1.06 bits per heavy atom. The van der Waals surface area contributed by atoms with Gasteiger partial charge in [-0.3, -0.25) is 0 Å². The van der Waals surface area contributed by atoms with Crippen molar-refractivity contribution in [2.75, 3.05) is 0 Å². The smallest absolute Gasteiger partial charge is 0.373 e. The zero-order valence-corrected chi connectivity index (χ0v) is 8.31. The van der Waals surface area contributed by atoms with Crippen LogP contribution in [0.2, 0.25) is 0 Å². The van der Waals surface area contributed by atoms with Gasteiger partial charge < -0.3 is 10.2 Å². The third-order valence-corrected chi connectivity index (χ3v) is 1.40. The molecule has 0 spiro atoms. The molecule has 2 aromatic rings. The molecule has 17 heavy (non-hydrogen) atoms. The summed E-state index contributed by atoms with van der Waals surface area (Å²) in [4.78, 5) is 27.2. The minimum Gasteiger partial charge on any atom is -0.477 e. The van der Waals surface area contributed by atoms with Crippen LogP contribution < -0.4 is 0 Å². The average molecular weight is 237 g/mol. The Kier molecular flexibility index (Phi) is 4.25. The number of carbonyl (C=O) groups is 2. The van der Waals surface area contributed by atoms with Crippen molar-refractivity contribution in [1.82, 2.24) is 25.4 Å².